The van der Waals surface area contributed by atoms with Crippen LogP contribution in [0.2, 0.25) is 5.02 Å². The molecule has 0 saturated carbocycles. The summed E-state index contributed by atoms with van der Waals surface area (Å²) >= 11 is 6.03. The fourth-order valence-corrected chi connectivity index (χ4v) is 3.21. The van der Waals surface area contributed by atoms with E-state index in [0.717, 1.165) is 22.7 Å². The molecule has 1 aromatic heterocycles. The quantitative estimate of drug-likeness (QED) is 0.418. The molecule has 0 aliphatic rings. The highest BCUT2D eigenvalue weighted by atomic mass is 35.5. The number of carbonyl (C=O) groups is 1. The van der Waals surface area contributed by atoms with Crippen LogP contribution < -0.4 is 14.8 Å². The van der Waals surface area contributed by atoms with Gasteiger partial charge in [0.15, 0.2) is 5.82 Å². The molecule has 0 fully saturated rings. The lowest BCUT2D eigenvalue weighted by Gasteiger charge is -2.07. The molecule has 1 N–H and O–H groups in total. The van der Waals surface area contributed by atoms with E-state index in [0.29, 0.717) is 23.1 Å². The number of aromatic nitrogens is 3. The lowest BCUT2D eigenvalue weighted by molar-refractivity contribution is 0.101. The maximum Gasteiger partial charge on any atom is 0.295 e. The Hall–Kier alpha value is -3.84. The van der Waals surface area contributed by atoms with Crippen molar-refractivity contribution < 1.29 is 14.3 Å². The Morgan fingerprint density at radius 1 is 0.969 bits per heavy atom. The van der Waals surface area contributed by atoms with Crippen molar-refractivity contribution in [1.29, 1.82) is 0 Å². The van der Waals surface area contributed by atoms with E-state index in [9.17, 15) is 4.79 Å². The summed E-state index contributed by atoms with van der Waals surface area (Å²) in [6, 6.07) is 21.7. The standard InChI is InChI=1S/C24H21ClN4O3/c1-3-32-21-14-8-18(9-15-21)26-24(30)22-27-23(16-4-12-20(31-2)13-5-16)29(28-22)19-10-6-17(25)7-11-19/h4-15H,3H2,1-2H3,(H,26,30). The Morgan fingerprint density at radius 2 is 1.62 bits per heavy atom. The first-order chi connectivity index (χ1) is 15.6. The van der Waals surface area contributed by atoms with Gasteiger partial charge in [0.25, 0.3) is 5.91 Å². The molecule has 0 atom stereocenters. The molecule has 1 amide bonds. The molecule has 8 heteroatoms. The average molecular weight is 449 g/mol. The average Bonchev–Trinajstić information content (AvgIpc) is 3.27. The molecule has 0 unspecified atom stereocenters. The van der Waals surface area contributed by atoms with Crippen molar-refractivity contribution in [1.82, 2.24) is 14.8 Å². The zero-order valence-corrected chi connectivity index (χ0v) is 18.3. The fraction of sp³-hybridized carbons (Fsp3) is 0.125. The van der Waals surface area contributed by atoms with Crippen molar-refractivity contribution in [2.45, 2.75) is 6.92 Å². The molecule has 1 heterocycles. The molecule has 4 aromatic rings. The van der Waals surface area contributed by atoms with Crippen molar-refractivity contribution >= 4 is 23.2 Å². The van der Waals surface area contributed by atoms with Gasteiger partial charge >= 0.3 is 0 Å². The first-order valence-electron chi connectivity index (χ1n) is 9.99. The summed E-state index contributed by atoms with van der Waals surface area (Å²) in [5, 5.41) is 7.90. The van der Waals surface area contributed by atoms with E-state index in [2.05, 4.69) is 15.4 Å². The number of amides is 1. The van der Waals surface area contributed by atoms with Crippen LogP contribution in [0.1, 0.15) is 17.5 Å². The normalized spacial score (nSPS) is 10.6. The van der Waals surface area contributed by atoms with Gasteiger partial charge in [-0.3, -0.25) is 4.79 Å². The minimum atomic E-state index is -0.420. The maximum absolute atomic E-state index is 12.9. The van der Waals surface area contributed by atoms with Gasteiger partial charge in [0.1, 0.15) is 11.5 Å². The van der Waals surface area contributed by atoms with E-state index in [1.807, 2.05) is 43.3 Å². The number of rotatable bonds is 7. The third-order valence-electron chi connectivity index (χ3n) is 4.65. The Kier molecular flexibility index (Phi) is 6.37. The van der Waals surface area contributed by atoms with E-state index in [-0.39, 0.29) is 5.82 Å². The van der Waals surface area contributed by atoms with Crippen molar-refractivity contribution in [3.63, 3.8) is 0 Å². The molecule has 0 spiro atoms. The number of methoxy groups -OCH3 is 1. The second kappa shape index (κ2) is 9.53. The minimum absolute atomic E-state index is 0.0413. The lowest BCUT2D eigenvalue weighted by atomic mass is 10.2. The molecule has 0 aliphatic carbocycles. The number of ether oxygens (including phenoxy) is 2. The van der Waals surface area contributed by atoms with Gasteiger partial charge < -0.3 is 14.8 Å². The first kappa shape index (κ1) is 21.4. The lowest BCUT2D eigenvalue weighted by Crippen LogP contribution is -2.14. The molecule has 0 saturated heterocycles. The summed E-state index contributed by atoms with van der Waals surface area (Å²) in [7, 11) is 1.61. The highest BCUT2D eigenvalue weighted by molar-refractivity contribution is 6.30. The molecule has 0 aliphatic heterocycles. The SMILES string of the molecule is CCOc1ccc(NC(=O)c2nc(-c3ccc(OC)cc3)n(-c3ccc(Cl)cc3)n2)cc1. The van der Waals surface area contributed by atoms with Crippen LogP contribution in [0.25, 0.3) is 17.1 Å². The summed E-state index contributed by atoms with van der Waals surface area (Å²) < 4.78 is 12.3. The molecule has 3 aromatic carbocycles. The van der Waals surface area contributed by atoms with E-state index >= 15 is 0 Å². The molecular formula is C24H21ClN4O3. The van der Waals surface area contributed by atoms with Crippen LogP contribution >= 0.6 is 11.6 Å². The van der Waals surface area contributed by atoms with Gasteiger partial charge in [0.05, 0.1) is 19.4 Å². The van der Waals surface area contributed by atoms with Crippen molar-refractivity contribution in [3.8, 4) is 28.6 Å². The summed E-state index contributed by atoms with van der Waals surface area (Å²) in [6.45, 7) is 2.49. The molecule has 4 rings (SSSR count). The summed E-state index contributed by atoms with van der Waals surface area (Å²) in [5.74, 6) is 1.60. The number of hydrogen-bond donors (Lipinski definition) is 1. The van der Waals surface area contributed by atoms with E-state index in [4.69, 9.17) is 21.1 Å². The van der Waals surface area contributed by atoms with Crippen LogP contribution in [0.15, 0.2) is 72.8 Å². The number of nitrogens with one attached hydrogen (secondary N) is 1. The molecular weight excluding hydrogens is 428 g/mol. The summed E-state index contributed by atoms with van der Waals surface area (Å²) in [4.78, 5) is 17.4. The second-order valence-corrected chi connectivity index (χ2v) is 7.22. The van der Waals surface area contributed by atoms with Crippen LogP contribution in [0, 0.1) is 0 Å². The van der Waals surface area contributed by atoms with E-state index < -0.39 is 5.91 Å². The first-order valence-corrected chi connectivity index (χ1v) is 10.4. The Morgan fingerprint density at radius 3 is 2.25 bits per heavy atom. The molecule has 0 bridgehead atoms. The van der Waals surface area contributed by atoms with Gasteiger partial charge in [-0.05, 0) is 79.7 Å². The van der Waals surface area contributed by atoms with Gasteiger partial charge in [-0.1, -0.05) is 11.6 Å². The van der Waals surface area contributed by atoms with Crippen LogP contribution in [-0.4, -0.2) is 34.4 Å². The zero-order valence-electron chi connectivity index (χ0n) is 17.6. The maximum atomic E-state index is 12.9. The van der Waals surface area contributed by atoms with Crippen LogP contribution in [0.4, 0.5) is 5.69 Å². The zero-order chi connectivity index (χ0) is 22.5. The van der Waals surface area contributed by atoms with Gasteiger partial charge in [-0.25, -0.2) is 9.67 Å². The number of carbonyl (C=O) groups excluding carboxylic acids is 1. The predicted octanol–water partition coefficient (Wildman–Crippen LogP) is 5.25. The summed E-state index contributed by atoms with van der Waals surface area (Å²) in [5.41, 5.74) is 2.13. The minimum Gasteiger partial charge on any atom is -0.497 e. The van der Waals surface area contributed by atoms with Crippen molar-refractivity contribution in [2.24, 2.45) is 0 Å². The highest BCUT2D eigenvalue weighted by Gasteiger charge is 2.19. The molecule has 7 nitrogen and oxygen atoms in total. The summed E-state index contributed by atoms with van der Waals surface area (Å²) in [6.07, 6.45) is 0. The van der Waals surface area contributed by atoms with Crippen LogP contribution in [0.5, 0.6) is 11.5 Å². The van der Waals surface area contributed by atoms with E-state index in [1.54, 1.807) is 48.2 Å². The van der Waals surface area contributed by atoms with Crippen LogP contribution in [-0.2, 0) is 0 Å². The molecule has 162 valence electrons. The van der Waals surface area contributed by atoms with Crippen molar-refractivity contribution in [2.75, 3.05) is 19.0 Å². The van der Waals surface area contributed by atoms with Gasteiger partial charge in [-0.2, -0.15) is 0 Å². The third kappa shape index (κ3) is 4.73. The third-order valence-corrected chi connectivity index (χ3v) is 4.90. The van der Waals surface area contributed by atoms with E-state index in [1.165, 1.54) is 0 Å². The van der Waals surface area contributed by atoms with Crippen molar-refractivity contribution in [3.05, 3.63) is 83.6 Å². The Bertz CT molecular complexity index is 1200. The number of benzene rings is 3. The smallest absolute Gasteiger partial charge is 0.295 e. The molecule has 0 radical (unpaired) electrons. The Labute approximate surface area is 190 Å². The number of halogens is 1. The topological polar surface area (TPSA) is 78.3 Å². The highest BCUT2D eigenvalue weighted by Crippen LogP contribution is 2.25. The predicted molar refractivity (Wildman–Crippen MR) is 124 cm³/mol. The Balaban J connectivity index is 1.67. The van der Waals surface area contributed by atoms with Gasteiger partial charge in [0.2, 0.25) is 5.82 Å². The molecule has 32 heavy (non-hydrogen) atoms. The number of nitrogens with zero attached hydrogens (tertiary/aromatic N) is 3. The number of hydrogen-bond acceptors (Lipinski definition) is 5. The second-order valence-electron chi connectivity index (χ2n) is 6.79. The van der Waals surface area contributed by atoms with Crippen LogP contribution in [0.3, 0.4) is 0 Å². The van der Waals surface area contributed by atoms with Gasteiger partial charge in [-0.15, -0.1) is 5.10 Å². The van der Waals surface area contributed by atoms with Gasteiger partial charge in [0, 0.05) is 16.3 Å². The fourth-order valence-electron chi connectivity index (χ4n) is 3.09. The monoisotopic (exact) mass is 448 g/mol. The number of anilines is 1. The largest absolute Gasteiger partial charge is 0.497 e.